The van der Waals surface area contributed by atoms with Crippen molar-refractivity contribution in [3.8, 4) is 0 Å². The maximum Gasteiger partial charge on any atom is 0.0255 e. The van der Waals surface area contributed by atoms with Crippen LogP contribution < -0.4 is 5.73 Å². The molecule has 2 fully saturated rings. The first-order chi connectivity index (χ1) is 8.56. The minimum absolute atomic E-state index is 0.330. The molecule has 0 spiro atoms. The molecule has 0 amide bonds. The van der Waals surface area contributed by atoms with E-state index in [2.05, 4.69) is 25.7 Å². The summed E-state index contributed by atoms with van der Waals surface area (Å²) in [6, 6.07) is 1.82. The van der Waals surface area contributed by atoms with Crippen molar-refractivity contribution in [1.29, 1.82) is 0 Å². The van der Waals surface area contributed by atoms with Crippen LogP contribution in [0.15, 0.2) is 0 Å². The molecule has 18 heavy (non-hydrogen) atoms. The van der Waals surface area contributed by atoms with Gasteiger partial charge in [0.25, 0.3) is 0 Å². The molecule has 2 rings (SSSR count). The molecule has 1 aliphatic heterocycles. The molecule has 2 aliphatic rings. The lowest BCUT2D eigenvalue weighted by Crippen LogP contribution is -2.60. The van der Waals surface area contributed by atoms with Gasteiger partial charge in [0.2, 0.25) is 0 Å². The zero-order valence-corrected chi connectivity index (χ0v) is 12.6. The average Bonchev–Trinajstić information content (AvgIpc) is 2.34. The molecular formula is C16H32N2. The highest BCUT2D eigenvalue weighted by molar-refractivity contribution is 4.98. The summed E-state index contributed by atoms with van der Waals surface area (Å²) in [5, 5.41) is 0. The molecule has 106 valence electrons. The summed E-state index contributed by atoms with van der Waals surface area (Å²) < 4.78 is 0. The quantitative estimate of drug-likeness (QED) is 0.832. The molecule has 0 aromatic rings. The Morgan fingerprint density at radius 2 is 1.94 bits per heavy atom. The highest BCUT2D eigenvalue weighted by atomic mass is 15.2. The Balaban J connectivity index is 2.07. The van der Waals surface area contributed by atoms with E-state index < -0.39 is 0 Å². The Labute approximate surface area is 113 Å². The predicted molar refractivity (Wildman–Crippen MR) is 78.6 cm³/mol. The molecule has 2 heteroatoms. The SMILES string of the molecule is CCCC1CCCCN1C1CCCC(C)(C)C1N. The van der Waals surface area contributed by atoms with Gasteiger partial charge in [0, 0.05) is 18.1 Å². The summed E-state index contributed by atoms with van der Waals surface area (Å²) in [5.41, 5.74) is 6.93. The number of hydrogen-bond acceptors (Lipinski definition) is 2. The van der Waals surface area contributed by atoms with Crippen LogP contribution in [0.1, 0.15) is 72.1 Å². The second-order valence-electron chi connectivity index (χ2n) is 7.15. The van der Waals surface area contributed by atoms with Crippen molar-refractivity contribution in [3.63, 3.8) is 0 Å². The van der Waals surface area contributed by atoms with Gasteiger partial charge < -0.3 is 5.73 Å². The summed E-state index contributed by atoms with van der Waals surface area (Å²) >= 11 is 0. The minimum atomic E-state index is 0.330. The lowest BCUT2D eigenvalue weighted by Gasteiger charge is -2.50. The van der Waals surface area contributed by atoms with Crippen LogP contribution in [-0.4, -0.2) is 29.6 Å². The van der Waals surface area contributed by atoms with E-state index in [0.29, 0.717) is 17.5 Å². The van der Waals surface area contributed by atoms with Crippen LogP contribution in [0, 0.1) is 5.41 Å². The number of rotatable bonds is 3. The number of nitrogens with two attached hydrogens (primary N) is 1. The molecule has 3 unspecified atom stereocenters. The van der Waals surface area contributed by atoms with Gasteiger partial charge in [-0.05, 0) is 44.1 Å². The highest BCUT2D eigenvalue weighted by Gasteiger charge is 2.41. The molecular weight excluding hydrogens is 220 g/mol. The Kier molecular flexibility index (Phi) is 4.71. The fourth-order valence-corrected chi connectivity index (χ4v) is 4.11. The largest absolute Gasteiger partial charge is 0.326 e. The van der Waals surface area contributed by atoms with Gasteiger partial charge >= 0.3 is 0 Å². The van der Waals surface area contributed by atoms with Crippen LogP contribution in [0.2, 0.25) is 0 Å². The van der Waals surface area contributed by atoms with Gasteiger partial charge in [-0.3, -0.25) is 4.90 Å². The maximum atomic E-state index is 6.60. The lowest BCUT2D eigenvalue weighted by atomic mass is 9.70. The fourth-order valence-electron chi connectivity index (χ4n) is 4.11. The summed E-state index contributed by atoms with van der Waals surface area (Å²) in [5.74, 6) is 0. The number of nitrogens with zero attached hydrogens (tertiary/aromatic N) is 1. The highest BCUT2D eigenvalue weighted by Crippen LogP contribution is 2.38. The van der Waals surface area contributed by atoms with Gasteiger partial charge in [0.15, 0.2) is 0 Å². The first-order valence-electron chi connectivity index (χ1n) is 8.07. The molecule has 1 heterocycles. The van der Waals surface area contributed by atoms with E-state index in [1.165, 1.54) is 57.9 Å². The van der Waals surface area contributed by atoms with E-state index in [9.17, 15) is 0 Å². The van der Waals surface area contributed by atoms with Crippen LogP contribution in [-0.2, 0) is 0 Å². The molecule has 1 aliphatic carbocycles. The van der Waals surface area contributed by atoms with Crippen LogP contribution in [0.4, 0.5) is 0 Å². The molecule has 0 aromatic carbocycles. The van der Waals surface area contributed by atoms with Crippen molar-refractivity contribution in [2.75, 3.05) is 6.54 Å². The Bertz CT molecular complexity index is 260. The zero-order valence-electron chi connectivity index (χ0n) is 12.6. The van der Waals surface area contributed by atoms with Crippen molar-refractivity contribution in [2.24, 2.45) is 11.1 Å². The van der Waals surface area contributed by atoms with Crippen molar-refractivity contribution in [2.45, 2.75) is 90.3 Å². The predicted octanol–water partition coefficient (Wildman–Crippen LogP) is 3.55. The third-order valence-corrected chi connectivity index (χ3v) is 5.36. The van der Waals surface area contributed by atoms with E-state index in [1.54, 1.807) is 0 Å². The Hall–Kier alpha value is -0.0800. The second-order valence-corrected chi connectivity index (χ2v) is 7.15. The lowest BCUT2D eigenvalue weighted by molar-refractivity contribution is 0.0176. The molecule has 0 radical (unpaired) electrons. The molecule has 0 bridgehead atoms. The maximum absolute atomic E-state index is 6.60. The first-order valence-corrected chi connectivity index (χ1v) is 8.07. The van der Waals surface area contributed by atoms with Crippen molar-refractivity contribution < 1.29 is 0 Å². The van der Waals surface area contributed by atoms with Gasteiger partial charge in [-0.25, -0.2) is 0 Å². The zero-order chi connectivity index (χ0) is 13.2. The van der Waals surface area contributed by atoms with E-state index in [-0.39, 0.29) is 0 Å². The fraction of sp³-hybridized carbons (Fsp3) is 1.00. The molecule has 2 nitrogen and oxygen atoms in total. The molecule has 1 saturated heterocycles. The van der Waals surface area contributed by atoms with Crippen LogP contribution in [0.5, 0.6) is 0 Å². The molecule has 3 atom stereocenters. The first kappa shape index (κ1) is 14.3. The second kappa shape index (κ2) is 5.92. The average molecular weight is 252 g/mol. The monoisotopic (exact) mass is 252 g/mol. The minimum Gasteiger partial charge on any atom is -0.326 e. The molecule has 2 N–H and O–H groups in total. The summed E-state index contributed by atoms with van der Waals surface area (Å²) in [4.78, 5) is 2.79. The topological polar surface area (TPSA) is 29.3 Å². The van der Waals surface area contributed by atoms with E-state index >= 15 is 0 Å². The van der Waals surface area contributed by atoms with Gasteiger partial charge in [-0.2, -0.15) is 0 Å². The molecule has 0 aromatic heterocycles. The van der Waals surface area contributed by atoms with Gasteiger partial charge in [0.1, 0.15) is 0 Å². The Morgan fingerprint density at radius 3 is 2.67 bits per heavy atom. The van der Waals surface area contributed by atoms with E-state index in [4.69, 9.17) is 5.73 Å². The normalized spacial score (nSPS) is 37.7. The Morgan fingerprint density at radius 1 is 1.17 bits per heavy atom. The van der Waals surface area contributed by atoms with Crippen molar-refractivity contribution in [3.05, 3.63) is 0 Å². The standard InChI is InChI=1S/C16H32N2/c1-4-8-13-9-5-6-12-18(13)14-10-7-11-16(2,3)15(14)17/h13-15H,4-12,17H2,1-3H3. The summed E-state index contributed by atoms with van der Waals surface area (Å²) in [7, 11) is 0. The van der Waals surface area contributed by atoms with Crippen LogP contribution in [0.25, 0.3) is 0 Å². The molecule has 1 saturated carbocycles. The van der Waals surface area contributed by atoms with Crippen LogP contribution in [0.3, 0.4) is 0 Å². The van der Waals surface area contributed by atoms with Gasteiger partial charge in [0.05, 0.1) is 0 Å². The van der Waals surface area contributed by atoms with Crippen molar-refractivity contribution >= 4 is 0 Å². The third-order valence-electron chi connectivity index (χ3n) is 5.36. The summed E-state index contributed by atoms with van der Waals surface area (Å²) in [6.45, 7) is 8.34. The van der Waals surface area contributed by atoms with Crippen LogP contribution >= 0.6 is 0 Å². The van der Waals surface area contributed by atoms with Gasteiger partial charge in [-0.15, -0.1) is 0 Å². The van der Waals surface area contributed by atoms with Gasteiger partial charge in [-0.1, -0.05) is 40.0 Å². The number of hydrogen-bond donors (Lipinski definition) is 1. The smallest absolute Gasteiger partial charge is 0.0255 e. The number of likely N-dealkylation sites (tertiary alicyclic amines) is 1. The number of piperidine rings is 1. The third kappa shape index (κ3) is 2.91. The van der Waals surface area contributed by atoms with E-state index in [0.717, 1.165) is 6.04 Å². The summed E-state index contributed by atoms with van der Waals surface area (Å²) in [6.07, 6.45) is 10.9. The van der Waals surface area contributed by atoms with Crippen molar-refractivity contribution in [1.82, 2.24) is 4.90 Å². The van der Waals surface area contributed by atoms with E-state index in [1.807, 2.05) is 0 Å².